The van der Waals surface area contributed by atoms with Gasteiger partial charge in [-0.25, -0.2) is 4.98 Å². The van der Waals surface area contributed by atoms with Crippen molar-refractivity contribution in [1.82, 2.24) is 4.98 Å². The zero-order valence-corrected chi connectivity index (χ0v) is 20.4. The van der Waals surface area contributed by atoms with Gasteiger partial charge in [-0.05, 0) is 34.4 Å². The topological polar surface area (TPSA) is 30.0 Å². The van der Waals surface area contributed by atoms with Crippen LogP contribution >= 0.6 is 0 Å². The molecule has 6 aromatic rings. The first-order valence-electron chi connectivity index (χ1n) is 12.5. The average molecular weight is 474 g/mol. The van der Waals surface area contributed by atoms with Crippen molar-refractivity contribution in [3.05, 3.63) is 138 Å². The van der Waals surface area contributed by atoms with Gasteiger partial charge in [0.1, 0.15) is 5.69 Å². The van der Waals surface area contributed by atoms with Crippen LogP contribution in [0.2, 0.25) is 0 Å². The second kappa shape index (κ2) is 8.39. The molecule has 0 saturated heterocycles. The SMILES string of the molecule is Cc1ccc(C(=O)c2nc(-c3ccccc3)c3c(c2-c2ccccc2)-c2cccc4cccc-3c24)cc1. The number of hydrogen-bond acceptors (Lipinski definition) is 2. The molecule has 0 unspecified atom stereocenters. The summed E-state index contributed by atoms with van der Waals surface area (Å²) in [5.74, 6) is -0.0676. The summed E-state index contributed by atoms with van der Waals surface area (Å²) >= 11 is 0. The van der Waals surface area contributed by atoms with E-state index in [-0.39, 0.29) is 5.78 Å². The molecule has 2 nitrogen and oxygen atoms in total. The van der Waals surface area contributed by atoms with Gasteiger partial charge in [0.05, 0.1) is 5.69 Å². The number of nitrogens with zero attached hydrogens (tertiary/aromatic N) is 1. The van der Waals surface area contributed by atoms with E-state index in [4.69, 9.17) is 4.98 Å². The lowest BCUT2D eigenvalue weighted by molar-refractivity contribution is 0.103. The predicted molar refractivity (Wildman–Crippen MR) is 152 cm³/mol. The lowest BCUT2D eigenvalue weighted by atomic mass is 9.87. The Hall–Kier alpha value is -4.82. The Labute approximate surface area is 215 Å². The van der Waals surface area contributed by atoms with Crippen LogP contribution in [0.1, 0.15) is 21.6 Å². The van der Waals surface area contributed by atoms with Crippen molar-refractivity contribution in [2.45, 2.75) is 6.92 Å². The van der Waals surface area contributed by atoms with E-state index in [2.05, 4.69) is 60.7 Å². The van der Waals surface area contributed by atoms with Crippen LogP contribution in [0.15, 0.2) is 121 Å². The third-order valence-electron chi connectivity index (χ3n) is 7.28. The van der Waals surface area contributed by atoms with E-state index < -0.39 is 0 Å². The predicted octanol–water partition coefficient (Wildman–Crippen LogP) is 8.76. The summed E-state index contributed by atoms with van der Waals surface area (Å²) in [4.78, 5) is 19.4. The second-order valence-corrected chi connectivity index (χ2v) is 9.57. The van der Waals surface area contributed by atoms with E-state index in [0.29, 0.717) is 11.3 Å². The highest BCUT2D eigenvalue weighted by molar-refractivity contribution is 6.24. The first-order chi connectivity index (χ1) is 18.2. The average Bonchev–Trinajstić information content (AvgIpc) is 3.29. The number of ketones is 1. The minimum Gasteiger partial charge on any atom is -0.287 e. The van der Waals surface area contributed by atoms with Crippen molar-refractivity contribution in [3.8, 4) is 44.6 Å². The molecule has 0 atom stereocenters. The van der Waals surface area contributed by atoms with Crippen LogP contribution in [-0.2, 0) is 0 Å². The number of aryl methyl sites for hydroxylation is 1. The van der Waals surface area contributed by atoms with E-state index in [1.807, 2.05) is 67.6 Å². The van der Waals surface area contributed by atoms with E-state index in [0.717, 1.165) is 44.6 Å². The van der Waals surface area contributed by atoms with E-state index in [1.54, 1.807) is 0 Å². The Morgan fingerprint density at radius 1 is 0.568 bits per heavy atom. The van der Waals surface area contributed by atoms with Crippen LogP contribution in [0.25, 0.3) is 55.4 Å². The van der Waals surface area contributed by atoms with E-state index in [9.17, 15) is 4.79 Å². The normalized spacial score (nSPS) is 11.5. The first kappa shape index (κ1) is 21.5. The number of fused-ring (bicyclic) bond motifs is 3. The Bertz CT molecular complexity index is 1810. The molecule has 0 saturated carbocycles. The standard InChI is InChI=1S/C35H23NO/c1-22-18-20-26(21-19-22)35(37)34-30(24-10-4-2-5-11-24)31-27-16-8-14-23-15-9-17-28(29(23)27)32(31)33(36-34)25-12-6-3-7-13-25/h2-21H,1H3. The van der Waals surface area contributed by atoms with Crippen LogP contribution < -0.4 is 0 Å². The third kappa shape index (κ3) is 3.34. The van der Waals surface area contributed by atoms with Gasteiger partial charge in [-0.15, -0.1) is 0 Å². The Morgan fingerprint density at radius 2 is 1.16 bits per heavy atom. The Kier molecular flexibility index (Phi) is 4.87. The molecule has 0 radical (unpaired) electrons. The van der Waals surface area contributed by atoms with E-state index >= 15 is 0 Å². The summed E-state index contributed by atoms with van der Waals surface area (Å²) < 4.78 is 0. The van der Waals surface area contributed by atoms with Gasteiger partial charge in [0.15, 0.2) is 0 Å². The summed E-state index contributed by atoms with van der Waals surface area (Å²) in [5.41, 5.74) is 10.5. The molecular weight excluding hydrogens is 450 g/mol. The van der Waals surface area contributed by atoms with Crippen LogP contribution in [0, 0.1) is 6.92 Å². The van der Waals surface area contributed by atoms with Crippen molar-refractivity contribution >= 4 is 16.6 Å². The molecule has 0 aliphatic heterocycles. The van der Waals surface area contributed by atoms with Crippen LogP contribution in [-0.4, -0.2) is 10.8 Å². The number of hydrogen-bond donors (Lipinski definition) is 0. The maximum absolute atomic E-state index is 14.2. The van der Waals surface area contributed by atoms with Gasteiger partial charge in [-0.2, -0.15) is 0 Å². The number of benzene rings is 5. The molecule has 0 amide bonds. The largest absolute Gasteiger partial charge is 0.287 e. The third-order valence-corrected chi connectivity index (χ3v) is 7.28. The molecule has 2 heteroatoms. The molecule has 0 fully saturated rings. The maximum atomic E-state index is 14.2. The highest BCUT2D eigenvalue weighted by Gasteiger charge is 2.32. The fourth-order valence-electron chi connectivity index (χ4n) is 5.57. The molecular formula is C35H23NO. The van der Waals surface area contributed by atoms with Crippen LogP contribution in [0.4, 0.5) is 0 Å². The number of aromatic nitrogens is 1. The van der Waals surface area contributed by atoms with Crippen molar-refractivity contribution < 1.29 is 4.79 Å². The molecule has 5 aromatic carbocycles. The number of carbonyl (C=O) groups excluding carboxylic acids is 1. The van der Waals surface area contributed by atoms with Crippen LogP contribution in [0.3, 0.4) is 0 Å². The molecule has 1 aliphatic carbocycles. The minimum atomic E-state index is -0.0676. The molecule has 37 heavy (non-hydrogen) atoms. The summed E-state index contributed by atoms with van der Waals surface area (Å²) in [6, 6.07) is 41.1. The minimum absolute atomic E-state index is 0.0676. The molecule has 1 heterocycles. The number of carbonyl (C=O) groups is 1. The zero-order valence-electron chi connectivity index (χ0n) is 20.4. The molecule has 7 rings (SSSR count). The quantitative estimate of drug-likeness (QED) is 0.239. The van der Waals surface area contributed by atoms with Crippen molar-refractivity contribution in [3.63, 3.8) is 0 Å². The van der Waals surface area contributed by atoms with Gasteiger partial charge >= 0.3 is 0 Å². The first-order valence-corrected chi connectivity index (χ1v) is 12.5. The monoisotopic (exact) mass is 473 g/mol. The maximum Gasteiger partial charge on any atom is 0.212 e. The summed E-state index contributed by atoms with van der Waals surface area (Å²) in [6.45, 7) is 2.03. The lowest BCUT2D eigenvalue weighted by Gasteiger charge is -2.19. The molecule has 0 bridgehead atoms. The van der Waals surface area contributed by atoms with Crippen molar-refractivity contribution in [2.24, 2.45) is 0 Å². The number of pyridine rings is 1. The highest BCUT2D eigenvalue weighted by Crippen LogP contribution is 2.54. The number of rotatable bonds is 4. The van der Waals surface area contributed by atoms with Gasteiger partial charge in [0.25, 0.3) is 0 Å². The van der Waals surface area contributed by atoms with Gasteiger partial charge in [-0.3, -0.25) is 4.79 Å². The second-order valence-electron chi connectivity index (χ2n) is 9.57. The van der Waals surface area contributed by atoms with Gasteiger partial charge in [0, 0.05) is 27.8 Å². The summed E-state index contributed by atoms with van der Waals surface area (Å²) in [7, 11) is 0. The van der Waals surface area contributed by atoms with Gasteiger partial charge < -0.3 is 0 Å². The van der Waals surface area contributed by atoms with E-state index in [1.165, 1.54) is 16.3 Å². The Morgan fingerprint density at radius 3 is 1.81 bits per heavy atom. The highest BCUT2D eigenvalue weighted by atomic mass is 16.1. The zero-order chi connectivity index (χ0) is 24.9. The summed E-state index contributed by atoms with van der Waals surface area (Å²) in [6.07, 6.45) is 0. The molecule has 1 aromatic heterocycles. The van der Waals surface area contributed by atoms with Crippen LogP contribution in [0.5, 0.6) is 0 Å². The fraction of sp³-hybridized carbons (Fsp3) is 0.0286. The van der Waals surface area contributed by atoms with Crippen molar-refractivity contribution in [1.29, 1.82) is 0 Å². The molecule has 174 valence electrons. The molecule has 0 spiro atoms. The van der Waals surface area contributed by atoms with Crippen molar-refractivity contribution in [2.75, 3.05) is 0 Å². The smallest absolute Gasteiger partial charge is 0.212 e. The molecule has 1 aliphatic rings. The van der Waals surface area contributed by atoms with Gasteiger partial charge in [-0.1, -0.05) is 127 Å². The molecule has 0 N–H and O–H groups in total. The Balaban J connectivity index is 1.65. The summed E-state index contributed by atoms with van der Waals surface area (Å²) in [5, 5.41) is 2.41. The fourth-order valence-corrected chi connectivity index (χ4v) is 5.57. The lowest BCUT2D eigenvalue weighted by Crippen LogP contribution is -2.09. The van der Waals surface area contributed by atoms with Gasteiger partial charge in [0.2, 0.25) is 5.78 Å².